The minimum absolute atomic E-state index is 0.158. The van der Waals surface area contributed by atoms with E-state index in [9.17, 15) is 9.18 Å². The third-order valence-corrected chi connectivity index (χ3v) is 3.81. The van der Waals surface area contributed by atoms with Crippen molar-refractivity contribution < 1.29 is 18.7 Å². The first-order valence-corrected chi connectivity index (χ1v) is 8.48. The van der Waals surface area contributed by atoms with Crippen molar-refractivity contribution in [1.29, 1.82) is 0 Å². The van der Waals surface area contributed by atoms with Gasteiger partial charge in [-0.3, -0.25) is 4.79 Å². The number of benzene rings is 2. The Bertz CT molecular complexity index is 670. The van der Waals surface area contributed by atoms with Crippen molar-refractivity contribution in [3.63, 3.8) is 0 Å². The molecule has 0 spiro atoms. The number of amides is 1. The Kier molecular flexibility index (Phi) is 6.81. The molecular weight excluding hydrogens is 321 g/mol. The number of hydrogen-bond donors (Lipinski definition) is 1. The van der Waals surface area contributed by atoms with E-state index in [0.717, 1.165) is 11.3 Å². The second kappa shape index (κ2) is 9.06. The highest BCUT2D eigenvalue weighted by Crippen LogP contribution is 2.19. The molecule has 2 atom stereocenters. The lowest BCUT2D eigenvalue weighted by Crippen LogP contribution is -2.39. The molecule has 0 unspecified atom stereocenters. The fourth-order valence-electron chi connectivity index (χ4n) is 2.41. The van der Waals surface area contributed by atoms with Gasteiger partial charge in [0.05, 0.1) is 12.6 Å². The average Bonchev–Trinajstić information content (AvgIpc) is 2.62. The summed E-state index contributed by atoms with van der Waals surface area (Å²) in [7, 11) is 0. The van der Waals surface area contributed by atoms with Crippen LogP contribution >= 0.6 is 0 Å². The summed E-state index contributed by atoms with van der Waals surface area (Å²) in [6.07, 6.45) is -0.116. The van der Waals surface area contributed by atoms with E-state index < -0.39 is 6.10 Å². The van der Waals surface area contributed by atoms with Crippen LogP contribution < -0.4 is 14.8 Å². The maximum atomic E-state index is 13.0. The van der Waals surface area contributed by atoms with E-state index in [1.165, 1.54) is 24.3 Å². The third-order valence-electron chi connectivity index (χ3n) is 3.81. The number of carbonyl (C=O) groups is 1. The molecule has 0 saturated carbocycles. The van der Waals surface area contributed by atoms with Crippen LogP contribution in [0.5, 0.6) is 11.5 Å². The lowest BCUT2D eigenvalue weighted by atomic mass is 10.1. The molecule has 0 saturated heterocycles. The van der Waals surface area contributed by atoms with Crippen LogP contribution in [-0.2, 0) is 4.79 Å². The maximum absolute atomic E-state index is 13.0. The lowest BCUT2D eigenvalue weighted by molar-refractivity contribution is -0.128. The van der Waals surface area contributed by atoms with Crippen molar-refractivity contribution in [3.8, 4) is 11.5 Å². The van der Waals surface area contributed by atoms with Crippen LogP contribution in [0.4, 0.5) is 4.39 Å². The Labute approximate surface area is 148 Å². The van der Waals surface area contributed by atoms with Crippen LogP contribution in [0.2, 0.25) is 0 Å². The van der Waals surface area contributed by atoms with Crippen LogP contribution in [0.25, 0.3) is 0 Å². The van der Waals surface area contributed by atoms with Gasteiger partial charge >= 0.3 is 0 Å². The monoisotopic (exact) mass is 345 g/mol. The molecule has 1 amide bonds. The molecular formula is C20H24FNO3. The predicted molar refractivity (Wildman–Crippen MR) is 95.3 cm³/mol. The molecule has 2 rings (SSSR count). The van der Waals surface area contributed by atoms with E-state index in [2.05, 4.69) is 5.32 Å². The molecule has 0 aliphatic rings. The summed E-state index contributed by atoms with van der Waals surface area (Å²) in [6.45, 7) is 6.33. The van der Waals surface area contributed by atoms with Gasteiger partial charge in [0.2, 0.25) is 0 Å². The number of ether oxygens (including phenoxy) is 2. The summed E-state index contributed by atoms with van der Waals surface area (Å²) < 4.78 is 24.0. The number of hydrogen-bond acceptors (Lipinski definition) is 3. The Hall–Kier alpha value is -2.56. The smallest absolute Gasteiger partial charge is 0.261 e. The zero-order valence-corrected chi connectivity index (χ0v) is 14.8. The fourth-order valence-corrected chi connectivity index (χ4v) is 2.41. The third kappa shape index (κ3) is 5.48. The number of rotatable bonds is 8. The Morgan fingerprint density at radius 3 is 2.20 bits per heavy atom. The van der Waals surface area contributed by atoms with Gasteiger partial charge in [0, 0.05) is 0 Å². The molecule has 2 aromatic carbocycles. The van der Waals surface area contributed by atoms with Crippen molar-refractivity contribution in [2.45, 2.75) is 39.3 Å². The van der Waals surface area contributed by atoms with Crippen molar-refractivity contribution >= 4 is 5.91 Å². The summed E-state index contributed by atoms with van der Waals surface area (Å²) in [5, 5.41) is 2.95. The van der Waals surface area contributed by atoms with E-state index in [-0.39, 0.29) is 17.8 Å². The van der Waals surface area contributed by atoms with Crippen LogP contribution in [0.1, 0.15) is 38.8 Å². The quantitative estimate of drug-likeness (QED) is 0.778. The molecule has 0 radical (unpaired) electrons. The molecule has 0 aliphatic heterocycles. The molecule has 134 valence electrons. The molecule has 0 fully saturated rings. The maximum Gasteiger partial charge on any atom is 0.261 e. The topological polar surface area (TPSA) is 47.6 Å². The van der Waals surface area contributed by atoms with Crippen LogP contribution in [-0.4, -0.2) is 18.6 Å². The molecule has 0 aromatic heterocycles. The van der Waals surface area contributed by atoms with E-state index in [4.69, 9.17) is 9.47 Å². The molecule has 0 heterocycles. The molecule has 25 heavy (non-hydrogen) atoms. The van der Waals surface area contributed by atoms with Gasteiger partial charge in [-0.25, -0.2) is 4.39 Å². The molecule has 1 N–H and O–H groups in total. The Balaban J connectivity index is 1.96. The summed E-state index contributed by atoms with van der Waals surface area (Å²) in [4.78, 5) is 12.5. The largest absolute Gasteiger partial charge is 0.494 e. The zero-order chi connectivity index (χ0) is 18.2. The van der Waals surface area contributed by atoms with E-state index >= 15 is 0 Å². The lowest BCUT2D eigenvalue weighted by Gasteiger charge is -2.21. The highest BCUT2D eigenvalue weighted by atomic mass is 19.1. The first-order valence-electron chi connectivity index (χ1n) is 8.48. The van der Waals surface area contributed by atoms with Crippen molar-refractivity contribution in [1.82, 2.24) is 5.32 Å². The highest BCUT2D eigenvalue weighted by molar-refractivity contribution is 5.81. The molecule has 0 aliphatic carbocycles. The van der Waals surface area contributed by atoms with Gasteiger partial charge in [-0.1, -0.05) is 19.1 Å². The van der Waals surface area contributed by atoms with Gasteiger partial charge in [-0.05, 0) is 62.2 Å². The van der Waals surface area contributed by atoms with Gasteiger partial charge in [-0.15, -0.1) is 0 Å². The minimum atomic E-state index is -0.629. The highest BCUT2D eigenvalue weighted by Gasteiger charge is 2.20. The minimum Gasteiger partial charge on any atom is -0.494 e. The first kappa shape index (κ1) is 18.8. The van der Waals surface area contributed by atoms with E-state index in [1.54, 1.807) is 0 Å². The van der Waals surface area contributed by atoms with Gasteiger partial charge in [0.15, 0.2) is 6.10 Å². The van der Waals surface area contributed by atoms with E-state index in [1.807, 2.05) is 45.0 Å². The fraction of sp³-hybridized carbons (Fsp3) is 0.350. The van der Waals surface area contributed by atoms with Crippen molar-refractivity contribution in [3.05, 3.63) is 59.9 Å². The molecule has 5 heteroatoms. The Morgan fingerprint density at radius 1 is 1.04 bits per heavy atom. The summed E-state index contributed by atoms with van der Waals surface area (Å²) in [5.41, 5.74) is 0.980. The van der Waals surface area contributed by atoms with Crippen molar-refractivity contribution in [2.75, 3.05) is 6.61 Å². The number of halogens is 1. The Morgan fingerprint density at radius 2 is 1.64 bits per heavy atom. The normalized spacial score (nSPS) is 13.0. The van der Waals surface area contributed by atoms with Gasteiger partial charge < -0.3 is 14.8 Å². The standard InChI is InChI=1S/C20H24FNO3/c1-4-19(25-18-12-8-16(21)9-13-18)20(23)22-14(3)15-6-10-17(11-7-15)24-5-2/h6-14,19H,4-5H2,1-3H3,(H,22,23)/t14-,19+/m1/s1. The zero-order valence-electron chi connectivity index (χ0n) is 14.8. The van der Waals surface area contributed by atoms with Crippen LogP contribution in [0.15, 0.2) is 48.5 Å². The number of nitrogens with one attached hydrogen (secondary N) is 1. The molecule has 2 aromatic rings. The van der Waals surface area contributed by atoms with Gasteiger partial charge in [-0.2, -0.15) is 0 Å². The average molecular weight is 345 g/mol. The van der Waals surface area contributed by atoms with Crippen LogP contribution in [0.3, 0.4) is 0 Å². The van der Waals surface area contributed by atoms with Gasteiger partial charge in [0.1, 0.15) is 17.3 Å². The second-order valence-electron chi connectivity index (χ2n) is 5.70. The van der Waals surface area contributed by atoms with Crippen LogP contribution in [0, 0.1) is 5.82 Å². The molecule has 4 nitrogen and oxygen atoms in total. The SMILES string of the molecule is CCOc1ccc([C@@H](C)NC(=O)[C@H](CC)Oc2ccc(F)cc2)cc1. The first-order chi connectivity index (χ1) is 12.0. The van der Waals surface area contributed by atoms with E-state index in [0.29, 0.717) is 18.8 Å². The summed E-state index contributed by atoms with van der Waals surface area (Å²) in [5.74, 6) is 0.732. The second-order valence-corrected chi connectivity index (χ2v) is 5.70. The molecule has 0 bridgehead atoms. The summed E-state index contributed by atoms with van der Waals surface area (Å²) in [6, 6.07) is 13.1. The predicted octanol–water partition coefficient (Wildman–Crippen LogP) is 4.26. The van der Waals surface area contributed by atoms with Gasteiger partial charge in [0.25, 0.3) is 5.91 Å². The number of carbonyl (C=O) groups excluding carboxylic acids is 1. The van der Waals surface area contributed by atoms with Crippen molar-refractivity contribution in [2.24, 2.45) is 0 Å². The summed E-state index contributed by atoms with van der Waals surface area (Å²) >= 11 is 0.